The molecular weight excluding hydrogens is 226 g/mol. The third-order valence-corrected chi connectivity index (χ3v) is 2.38. The maximum absolute atomic E-state index is 11.9. The van der Waals surface area contributed by atoms with E-state index in [-0.39, 0.29) is 18.0 Å². The number of esters is 1. The molecule has 3 heteroatoms. The molecule has 1 aromatic carbocycles. The van der Waals surface area contributed by atoms with Gasteiger partial charge in [0.1, 0.15) is 5.71 Å². The maximum atomic E-state index is 11.9. The summed E-state index contributed by atoms with van der Waals surface area (Å²) in [6.07, 6.45) is -0.125. The maximum Gasteiger partial charge on any atom is 0.353 e. The average molecular weight is 247 g/mol. The first-order chi connectivity index (χ1) is 8.40. The highest BCUT2D eigenvalue weighted by Crippen LogP contribution is 2.15. The van der Waals surface area contributed by atoms with E-state index in [9.17, 15) is 4.79 Å². The normalized spacial score (nSPS) is 12.1. The lowest BCUT2D eigenvalue weighted by atomic mass is 10.1. The van der Waals surface area contributed by atoms with Crippen molar-refractivity contribution < 1.29 is 9.53 Å². The smallest absolute Gasteiger partial charge is 0.353 e. The molecule has 0 aliphatic carbocycles. The van der Waals surface area contributed by atoms with Gasteiger partial charge in [0.15, 0.2) is 0 Å². The van der Waals surface area contributed by atoms with Crippen molar-refractivity contribution in [2.75, 3.05) is 0 Å². The summed E-state index contributed by atoms with van der Waals surface area (Å²) < 4.78 is 5.20. The van der Waals surface area contributed by atoms with Gasteiger partial charge in [-0.1, -0.05) is 31.5 Å². The van der Waals surface area contributed by atoms with E-state index in [0.717, 1.165) is 5.69 Å². The third-order valence-electron chi connectivity index (χ3n) is 2.38. The van der Waals surface area contributed by atoms with Gasteiger partial charge in [0, 0.05) is 5.92 Å². The summed E-state index contributed by atoms with van der Waals surface area (Å²) in [5.74, 6) is -0.293. The van der Waals surface area contributed by atoms with Crippen LogP contribution in [0.2, 0.25) is 0 Å². The number of hydrogen-bond donors (Lipinski definition) is 0. The molecule has 0 fully saturated rings. The summed E-state index contributed by atoms with van der Waals surface area (Å²) in [6, 6.07) is 7.76. The number of rotatable bonds is 4. The van der Waals surface area contributed by atoms with Crippen molar-refractivity contribution >= 4 is 17.4 Å². The fourth-order valence-corrected chi connectivity index (χ4v) is 1.44. The highest BCUT2D eigenvalue weighted by atomic mass is 16.5. The molecule has 0 amide bonds. The Balaban J connectivity index is 2.97. The molecule has 1 aromatic rings. The Labute approximate surface area is 109 Å². The van der Waals surface area contributed by atoms with Crippen molar-refractivity contribution in [2.24, 2.45) is 10.9 Å². The molecule has 0 spiro atoms. The van der Waals surface area contributed by atoms with Gasteiger partial charge in [-0.05, 0) is 32.9 Å². The van der Waals surface area contributed by atoms with Gasteiger partial charge in [-0.2, -0.15) is 0 Å². The molecule has 0 saturated carbocycles. The van der Waals surface area contributed by atoms with E-state index >= 15 is 0 Å². The minimum absolute atomic E-state index is 0.0394. The van der Waals surface area contributed by atoms with Crippen LogP contribution in [0.25, 0.3) is 0 Å². The Morgan fingerprint density at radius 3 is 2.11 bits per heavy atom. The van der Waals surface area contributed by atoms with E-state index < -0.39 is 0 Å². The number of carbonyl (C=O) groups is 1. The van der Waals surface area contributed by atoms with Gasteiger partial charge in [0.2, 0.25) is 0 Å². The minimum Gasteiger partial charge on any atom is -0.458 e. The molecule has 0 N–H and O–H groups in total. The first-order valence-corrected chi connectivity index (χ1v) is 6.26. The second-order valence-corrected chi connectivity index (χ2v) is 4.94. The first kappa shape index (κ1) is 14.4. The number of hydrogen-bond acceptors (Lipinski definition) is 3. The Morgan fingerprint density at radius 1 is 1.11 bits per heavy atom. The van der Waals surface area contributed by atoms with Crippen LogP contribution in [0.1, 0.15) is 33.3 Å². The van der Waals surface area contributed by atoms with Crippen LogP contribution in [0.3, 0.4) is 0 Å². The van der Waals surface area contributed by atoms with Gasteiger partial charge in [-0.3, -0.25) is 0 Å². The lowest BCUT2D eigenvalue weighted by molar-refractivity contribution is -0.139. The lowest BCUT2D eigenvalue weighted by Gasteiger charge is -2.12. The summed E-state index contributed by atoms with van der Waals surface area (Å²) in [5, 5.41) is 0. The predicted octanol–water partition coefficient (Wildman–Crippen LogP) is 3.68. The van der Waals surface area contributed by atoms with Gasteiger partial charge in [-0.15, -0.1) is 0 Å². The first-order valence-electron chi connectivity index (χ1n) is 6.26. The van der Waals surface area contributed by atoms with E-state index in [4.69, 9.17) is 4.74 Å². The molecule has 0 aromatic heterocycles. The molecule has 0 unspecified atom stereocenters. The second kappa shape index (κ2) is 6.34. The van der Waals surface area contributed by atoms with E-state index in [0.29, 0.717) is 5.71 Å². The van der Waals surface area contributed by atoms with Crippen molar-refractivity contribution in [3.8, 4) is 0 Å². The Hall–Kier alpha value is -1.64. The standard InChI is InChI=1S/C15H21NO2/c1-10(2)14(15(17)18-11(3)4)16-13-8-6-12(5)7-9-13/h6-11H,1-5H3. The zero-order valence-electron chi connectivity index (χ0n) is 11.7. The van der Waals surface area contributed by atoms with Gasteiger partial charge < -0.3 is 4.74 Å². The lowest BCUT2D eigenvalue weighted by Crippen LogP contribution is -2.25. The van der Waals surface area contributed by atoms with Crippen LogP contribution in [0.5, 0.6) is 0 Å². The average Bonchev–Trinajstić information content (AvgIpc) is 2.26. The fourth-order valence-electron chi connectivity index (χ4n) is 1.44. The summed E-state index contributed by atoms with van der Waals surface area (Å²) >= 11 is 0. The van der Waals surface area contributed by atoms with Gasteiger partial charge in [0.25, 0.3) is 0 Å². The van der Waals surface area contributed by atoms with E-state index in [1.54, 1.807) is 0 Å². The van der Waals surface area contributed by atoms with Crippen LogP contribution in [0, 0.1) is 12.8 Å². The molecule has 0 atom stereocenters. The number of nitrogens with zero attached hydrogens (tertiary/aromatic N) is 1. The molecular formula is C15H21NO2. The molecule has 0 aliphatic rings. The summed E-state index contributed by atoms with van der Waals surface area (Å²) in [7, 11) is 0. The molecule has 98 valence electrons. The zero-order chi connectivity index (χ0) is 13.7. The van der Waals surface area contributed by atoms with Crippen LogP contribution in [-0.4, -0.2) is 17.8 Å². The number of aliphatic imine (C=N–C) groups is 1. The zero-order valence-corrected chi connectivity index (χ0v) is 11.7. The summed E-state index contributed by atoms with van der Waals surface area (Å²) in [4.78, 5) is 16.3. The van der Waals surface area contributed by atoms with Crippen LogP contribution in [-0.2, 0) is 9.53 Å². The quantitative estimate of drug-likeness (QED) is 0.601. The highest BCUT2D eigenvalue weighted by molar-refractivity contribution is 6.37. The van der Waals surface area contributed by atoms with E-state index in [1.807, 2.05) is 58.9 Å². The monoisotopic (exact) mass is 247 g/mol. The van der Waals surface area contributed by atoms with Crippen molar-refractivity contribution in [3.63, 3.8) is 0 Å². The van der Waals surface area contributed by atoms with Crippen molar-refractivity contribution in [2.45, 2.75) is 40.7 Å². The molecule has 0 heterocycles. The highest BCUT2D eigenvalue weighted by Gasteiger charge is 2.18. The summed E-state index contributed by atoms with van der Waals surface area (Å²) in [6.45, 7) is 9.57. The molecule has 0 bridgehead atoms. The van der Waals surface area contributed by atoms with Crippen LogP contribution in [0.15, 0.2) is 29.3 Å². The Kier molecular flexibility index (Phi) is 5.08. The van der Waals surface area contributed by atoms with Crippen molar-refractivity contribution in [1.29, 1.82) is 0 Å². The number of ether oxygens (including phenoxy) is 1. The van der Waals surface area contributed by atoms with Gasteiger partial charge >= 0.3 is 5.97 Å². The number of aryl methyl sites for hydroxylation is 1. The second-order valence-electron chi connectivity index (χ2n) is 4.94. The SMILES string of the molecule is Cc1ccc(N=C(C(=O)OC(C)C)C(C)C)cc1. The van der Waals surface area contributed by atoms with Crippen LogP contribution in [0.4, 0.5) is 5.69 Å². The number of benzene rings is 1. The summed E-state index contributed by atoms with van der Waals surface area (Å²) in [5.41, 5.74) is 2.42. The van der Waals surface area contributed by atoms with Gasteiger partial charge in [0.05, 0.1) is 11.8 Å². The number of carbonyl (C=O) groups excluding carboxylic acids is 1. The van der Waals surface area contributed by atoms with E-state index in [1.165, 1.54) is 5.56 Å². The molecule has 3 nitrogen and oxygen atoms in total. The minimum atomic E-state index is -0.333. The predicted molar refractivity (Wildman–Crippen MR) is 74.3 cm³/mol. The van der Waals surface area contributed by atoms with Crippen LogP contribution < -0.4 is 0 Å². The fraction of sp³-hybridized carbons (Fsp3) is 0.467. The van der Waals surface area contributed by atoms with E-state index in [2.05, 4.69) is 4.99 Å². The van der Waals surface area contributed by atoms with Crippen molar-refractivity contribution in [3.05, 3.63) is 29.8 Å². The Bertz CT molecular complexity index is 430. The van der Waals surface area contributed by atoms with Crippen LogP contribution >= 0.6 is 0 Å². The molecule has 0 aliphatic heterocycles. The van der Waals surface area contributed by atoms with Gasteiger partial charge in [-0.25, -0.2) is 9.79 Å². The van der Waals surface area contributed by atoms with Crippen molar-refractivity contribution in [1.82, 2.24) is 0 Å². The molecule has 18 heavy (non-hydrogen) atoms. The third kappa shape index (κ3) is 4.32. The Morgan fingerprint density at radius 2 is 1.67 bits per heavy atom. The topological polar surface area (TPSA) is 38.7 Å². The largest absolute Gasteiger partial charge is 0.458 e. The molecule has 0 saturated heterocycles. The molecule has 0 radical (unpaired) electrons. The molecule has 1 rings (SSSR count).